The third-order valence-corrected chi connectivity index (χ3v) is 6.75. The minimum atomic E-state index is 0.345. The van der Waals surface area contributed by atoms with E-state index in [-0.39, 0.29) is 0 Å². The Morgan fingerprint density at radius 3 is 2.80 bits per heavy atom. The maximum Gasteiger partial charge on any atom is 0.191 e. The molecule has 2 aliphatic carbocycles. The summed E-state index contributed by atoms with van der Waals surface area (Å²) in [5.41, 5.74) is 1.41. The second-order valence-corrected chi connectivity index (χ2v) is 8.38. The van der Waals surface area contributed by atoms with Crippen LogP contribution in [0.5, 0.6) is 0 Å². The van der Waals surface area contributed by atoms with Gasteiger partial charge in [0.15, 0.2) is 5.96 Å². The van der Waals surface area contributed by atoms with Crippen molar-refractivity contribution in [3.63, 3.8) is 0 Å². The van der Waals surface area contributed by atoms with Gasteiger partial charge in [-0.15, -0.1) is 11.3 Å². The Labute approximate surface area is 155 Å². The Hall–Kier alpha value is -1.14. The van der Waals surface area contributed by atoms with Gasteiger partial charge in [-0.05, 0) is 33.1 Å². The molecule has 1 aromatic heterocycles. The molecular weight excluding hydrogens is 332 g/mol. The van der Waals surface area contributed by atoms with Crippen LogP contribution in [0.4, 0.5) is 0 Å². The Bertz CT molecular complexity index is 594. The standard InChI is InChI=1S/C19H32N4OS/c1-5-20-18(21-11-14-12-25-17(22-14)13(3)4)23-15-10-16(24-6-2)19(15)8-7-9-19/h12-13,15-16H,5-11H2,1-4H3,(H2,20,21,23). The minimum Gasteiger partial charge on any atom is -0.378 e. The van der Waals surface area contributed by atoms with Crippen molar-refractivity contribution in [3.05, 3.63) is 16.1 Å². The van der Waals surface area contributed by atoms with Gasteiger partial charge in [-0.25, -0.2) is 9.98 Å². The summed E-state index contributed by atoms with van der Waals surface area (Å²) < 4.78 is 5.95. The summed E-state index contributed by atoms with van der Waals surface area (Å²) in [6, 6.07) is 0.484. The highest BCUT2D eigenvalue weighted by molar-refractivity contribution is 7.09. The number of nitrogens with zero attached hydrogens (tertiary/aromatic N) is 2. The maximum atomic E-state index is 5.95. The third kappa shape index (κ3) is 3.85. The van der Waals surface area contributed by atoms with Crippen molar-refractivity contribution in [2.45, 2.75) is 78.0 Å². The average molecular weight is 365 g/mol. The summed E-state index contributed by atoms with van der Waals surface area (Å²) >= 11 is 1.73. The maximum absolute atomic E-state index is 5.95. The topological polar surface area (TPSA) is 58.5 Å². The SMILES string of the molecule is CCNC(=NCc1csc(C(C)C)n1)NC1CC(OCC)C12CCC2. The third-order valence-electron chi connectivity index (χ3n) is 5.56. The first-order valence-electron chi connectivity index (χ1n) is 9.69. The normalized spacial score (nSPS) is 24.9. The highest BCUT2D eigenvalue weighted by Gasteiger charge is 2.59. The van der Waals surface area contributed by atoms with Crippen LogP contribution in [0.2, 0.25) is 0 Å². The number of rotatable bonds is 7. The first kappa shape index (κ1) is 18.6. The number of guanidine groups is 1. The van der Waals surface area contributed by atoms with E-state index < -0.39 is 0 Å². The van der Waals surface area contributed by atoms with Crippen molar-refractivity contribution in [2.24, 2.45) is 10.4 Å². The predicted octanol–water partition coefficient (Wildman–Crippen LogP) is 3.67. The van der Waals surface area contributed by atoms with Crippen LogP contribution < -0.4 is 10.6 Å². The first-order valence-corrected chi connectivity index (χ1v) is 10.6. The Morgan fingerprint density at radius 2 is 2.24 bits per heavy atom. The lowest BCUT2D eigenvalue weighted by molar-refractivity contribution is -0.168. The molecule has 25 heavy (non-hydrogen) atoms. The van der Waals surface area contributed by atoms with E-state index in [9.17, 15) is 0 Å². The van der Waals surface area contributed by atoms with Gasteiger partial charge >= 0.3 is 0 Å². The second-order valence-electron chi connectivity index (χ2n) is 7.49. The van der Waals surface area contributed by atoms with Gasteiger partial charge < -0.3 is 15.4 Å². The van der Waals surface area contributed by atoms with Crippen LogP contribution in [0.25, 0.3) is 0 Å². The molecule has 1 spiro atoms. The van der Waals surface area contributed by atoms with E-state index in [1.807, 2.05) is 0 Å². The number of ether oxygens (including phenoxy) is 1. The molecule has 2 saturated carbocycles. The molecule has 2 N–H and O–H groups in total. The lowest BCUT2D eigenvalue weighted by Gasteiger charge is -2.61. The van der Waals surface area contributed by atoms with E-state index in [2.05, 4.69) is 48.7 Å². The van der Waals surface area contributed by atoms with Crippen LogP contribution in [0, 0.1) is 5.41 Å². The van der Waals surface area contributed by atoms with Crippen molar-refractivity contribution in [1.29, 1.82) is 0 Å². The molecule has 0 aliphatic heterocycles. The molecular formula is C19H32N4OS. The van der Waals surface area contributed by atoms with Crippen LogP contribution in [0.3, 0.4) is 0 Å². The lowest BCUT2D eigenvalue weighted by atomic mass is 9.51. The van der Waals surface area contributed by atoms with Gasteiger partial charge in [0.1, 0.15) is 0 Å². The summed E-state index contributed by atoms with van der Waals surface area (Å²) in [5, 5.41) is 10.4. The molecule has 3 rings (SSSR count). The van der Waals surface area contributed by atoms with Gasteiger partial charge in [0.05, 0.1) is 23.4 Å². The first-order chi connectivity index (χ1) is 12.1. The number of nitrogens with one attached hydrogen (secondary N) is 2. The van der Waals surface area contributed by atoms with Crippen molar-refractivity contribution in [3.8, 4) is 0 Å². The van der Waals surface area contributed by atoms with Crippen LogP contribution in [0.15, 0.2) is 10.4 Å². The fourth-order valence-corrected chi connectivity index (χ4v) is 4.77. The minimum absolute atomic E-state index is 0.345. The van der Waals surface area contributed by atoms with Crippen LogP contribution >= 0.6 is 11.3 Å². The molecule has 0 bridgehead atoms. The molecule has 140 valence electrons. The number of thiazole rings is 1. The summed E-state index contributed by atoms with van der Waals surface area (Å²) in [7, 11) is 0. The molecule has 1 aromatic rings. The summed E-state index contributed by atoms with van der Waals surface area (Å²) in [6.07, 6.45) is 5.40. The number of hydrogen-bond donors (Lipinski definition) is 2. The zero-order valence-electron chi connectivity index (χ0n) is 16.0. The van der Waals surface area contributed by atoms with Crippen LogP contribution in [0.1, 0.15) is 70.0 Å². The van der Waals surface area contributed by atoms with Gasteiger partial charge in [-0.3, -0.25) is 0 Å². The molecule has 2 aliphatic rings. The van der Waals surface area contributed by atoms with Crippen LogP contribution in [-0.2, 0) is 11.3 Å². The molecule has 0 saturated heterocycles. The molecule has 1 heterocycles. The molecule has 0 aromatic carbocycles. The summed E-state index contributed by atoms with van der Waals surface area (Å²) in [5.74, 6) is 1.39. The van der Waals surface area contributed by atoms with E-state index in [1.165, 1.54) is 24.3 Å². The zero-order valence-corrected chi connectivity index (χ0v) is 16.8. The molecule has 2 atom stereocenters. The van der Waals surface area contributed by atoms with Crippen molar-refractivity contribution in [2.75, 3.05) is 13.2 Å². The van der Waals surface area contributed by atoms with Crippen molar-refractivity contribution < 1.29 is 4.74 Å². The summed E-state index contributed by atoms with van der Waals surface area (Å²) in [4.78, 5) is 9.45. The van der Waals surface area contributed by atoms with Gasteiger partial charge in [0.25, 0.3) is 0 Å². The Morgan fingerprint density at radius 1 is 1.44 bits per heavy atom. The molecule has 0 radical (unpaired) electrons. The van der Waals surface area contributed by atoms with Gasteiger partial charge in [0.2, 0.25) is 0 Å². The molecule has 5 nitrogen and oxygen atoms in total. The Kier molecular flexibility index (Phi) is 6.00. The number of hydrogen-bond acceptors (Lipinski definition) is 4. The molecule has 6 heteroatoms. The highest BCUT2D eigenvalue weighted by Crippen LogP contribution is 2.57. The zero-order chi connectivity index (χ0) is 17.9. The lowest BCUT2D eigenvalue weighted by Crippen LogP contribution is -2.68. The number of aliphatic imine (C=N–C) groups is 1. The molecule has 2 fully saturated rings. The van der Waals surface area contributed by atoms with Gasteiger partial charge in [-0.2, -0.15) is 0 Å². The smallest absolute Gasteiger partial charge is 0.191 e. The monoisotopic (exact) mass is 364 g/mol. The predicted molar refractivity (Wildman–Crippen MR) is 104 cm³/mol. The molecule has 0 amide bonds. The van der Waals surface area contributed by atoms with Gasteiger partial charge in [-0.1, -0.05) is 20.3 Å². The van der Waals surface area contributed by atoms with E-state index in [0.29, 0.717) is 30.0 Å². The van der Waals surface area contributed by atoms with Crippen LogP contribution in [-0.4, -0.2) is 36.2 Å². The fraction of sp³-hybridized carbons (Fsp3) is 0.789. The second kappa shape index (κ2) is 8.04. The average Bonchev–Trinajstić information content (AvgIpc) is 2.99. The van der Waals surface area contributed by atoms with Crippen molar-refractivity contribution >= 4 is 17.3 Å². The van der Waals surface area contributed by atoms with E-state index in [1.54, 1.807) is 11.3 Å². The molecule has 2 unspecified atom stereocenters. The fourth-order valence-electron chi connectivity index (χ4n) is 3.95. The summed E-state index contributed by atoms with van der Waals surface area (Å²) in [6.45, 7) is 10.9. The van der Waals surface area contributed by atoms with E-state index in [0.717, 1.165) is 31.2 Å². The van der Waals surface area contributed by atoms with Gasteiger partial charge in [0, 0.05) is 35.9 Å². The highest BCUT2D eigenvalue weighted by atomic mass is 32.1. The quantitative estimate of drug-likeness (QED) is 0.572. The van der Waals surface area contributed by atoms with E-state index in [4.69, 9.17) is 9.73 Å². The Balaban J connectivity index is 1.61. The largest absolute Gasteiger partial charge is 0.378 e. The van der Waals surface area contributed by atoms with Crippen molar-refractivity contribution in [1.82, 2.24) is 15.6 Å². The van der Waals surface area contributed by atoms with E-state index >= 15 is 0 Å². The number of aromatic nitrogens is 1.